The Balaban J connectivity index is 1.46. The molecule has 1 N–H and O–H groups in total. The van der Waals surface area contributed by atoms with E-state index in [2.05, 4.69) is 23.3 Å². The lowest BCUT2D eigenvalue weighted by atomic mass is 9.89. The predicted octanol–water partition coefficient (Wildman–Crippen LogP) is 4.34. The summed E-state index contributed by atoms with van der Waals surface area (Å²) in [6.07, 6.45) is 7.03. The number of amides is 1. The Labute approximate surface area is 188 Å². The van der Waals surface area contributed by atoms with Crippen LogP contribution < -0.4 is 10.9 Å². The summed E-state index contributed by atoms with van der Waals surface area (Å²) < 4.78 is 1.47. The van der Waals surface area contributed by atoms with Crippen molar-refractivity contribution < 1.29 is 4.79 Å². The van der Waals surface area contributed by atoms with E-state index in [9.17, 15) is 14.9 Å². The fourth-order valence-electron chi connectivity index (χ4n) is 4.79. The molecule has 160 valence electrons. The fraction of sp³-hybridized carbons (Fsp3) is 0.478. The van der Waals surface area contributed by atoms with Gasteiger partial charge in [0.25, 0.3) is 5.56 Å². The molecule has 0 saturated heterocycles. The quantitative estimate of drug-likeness (QED) is 0.640. The van der Waals surface area contributed by atoms with Crippen molar-refractivity contribution in [1.82, 2.24) is 9.55 Å². The number of nitrogens with one attached hydrogen (secondary N) is 1. The molecule has 0 bridgehead atoms. The van der Waals surface area contributed by atoms with E-state index in [0.717, 1.165) is 60.9 Å². The van der Waals surface area contributed by atoms with Crippen LogP contribution in [0.3, 0.4) is 0 Å². The van der Waals surface area contributed by atoms with E-state index in [0.29, 0.717) is 27.7 Å². The highest BCUT2D eigenvalue weighted by Crippen LogP contribution is 2.38. The molecule has 0 radical (unpaired) electrons. The van der Waals surface area contributed by atoms with Gasteiger partial charge in [0.05, 0.1) is 10.9 Å². The van der Waals surface area contributed by atoms with E-state index in [4.69, 9.17) is 0 Å². The Morgan fingerprint density at radius 2 is 2.03 bits per heavy atom. The Hall–Kier alpha value is -2.50. The first-order valence-corrected chi connectivity index (χ1v) is 12.5. The number of fused-ring (bicyclic) bond motifs is 4. The summed E-state index contributed by atoms with van der Waals surface area (Å²) in [6, 6.07) is 2.27. The van der Waals surface area contributed by atoms with E-state index in [1.165, 1.54) is 25.7 Å². The molecule has 3 aromatic rings. The maximum absolute atomic E-state index is 13.3. The van der Waals surface area contributed by atoms with Crippen LogP contribution in [0.1, 0.15) is 58.5 Å². The summed E-state index contributed by atoms with van der Waals surface area (Å²) in [4.78, 5) is 34.1. The van der Waals surface area contributed by atoms with Gasteiger partial charge in [0.2, 0.25) is 5.91 Å². The van der Waals surface area contributed by atoms with Gasteiger partial charge in [0, 0.05) is 9.75 Å². The Bertz CT molecular complexity index is 1310. The zero-order chi connectivity index (χ0) is 21.7. The monoisotopic (exact) mass is 452 g/mol. The minimum absolute atomic E-state index is 0.0952. The van der Waals surface area contributed by atoms with Crippen molar-refractivity contribution >= 4 is 43.8 Å². The second kappa shape index (κ2) is 7.88. The molecular formula is C23H24N4O2S2. The van der Waals surface area contributed by atoms with Gasteiger partial charge >= 0.3 is 0 Å². The number of rotatable bonds is 3. The molecule has 31 heavy (non-hydrogen) atoms. The zero-order valence-electron chi connectivity index (χ0n) is 17.7. The van der Waals surface area contributed by atoms with Crippen LogP contribution >= 0.6 is 22.7 Å². The van der Waals surface area contributed by atoms with E-state index < -0.39 is 0 Å². The summed E-state index contributed by atoms with van der Waals surface area (Å²) >= 11 is 3.12. The summed E-state index contributed by atoms with van der Waals surface area (Å²) in [6.45, 7) is 3.93. The number of thiophene rings is 2. The topological polar surface area (TPSA) is 87.8 Å². The average molecular weight is 453 g/mol. The molecule has 3 heterocycles. The van der Waals surface area contributed by atoms with Crippen molar-refractivity contribution in [2.45, 2.75) is 65.3 Å². The van der Waals surface area contributed by atoms with Gasteiger partial charge in [-0.2, -0.15) is 5.26 Å². The number of aromatic nitrogens is 2. The number of nitriles is 1. The summed E-state index contributed by atoms with van der Waals surface area (Å²) in [5.74, 6) is 0.880. The van der Waals surface area contributed by atoms with E-state index in [1.807, 2.05) is 0 Å². The van der Waals surface area contributed by atoms with Gasteiger partial charge in [-0.1, -0.05) is 6.92 Å². The van der Waals surface area contributed by atoms with Crippen LogP contribution in [0.25, 0.3) is 10.2 Å². The van der Waals surface area contributed by atoms with Crippen LogP contribution in [-0.4, -0.2) is 15.5 Å². The maximum atomic E-state index is 13.3. The Morgan fingerprint density at radius 1 is 1.23 bits per heavy atom. The molecular weight excluding hydrogens is 428 g/mol. The van der Waals surface area contributed by atoms with Crippen LogP contribution in [0.4, 0.5) is 5.00 Å². The van der Waals surface area contributed by atoms with Crippen molar-refractivity contribution in [2.75, 3.05) is 5.32 Å². The largest absolute Gasteiger partial charge is 0.315 e. The molecule has 3 aromatic heterocycles. The smallest absolute Gasteiger partial charge is 0.263 e. The van der Waals surface area contributed by atoms with Crippen LogP contribution in [0.15, 0.2) is 4.79 Å². The van der Waals surface area contributed by atoms with Crippen molar-refractivity contribution in [3.05, 3.63) is 42.6 Å². The van der Waals surface area contributed by atoms with Gasteiger partial charge in [-0.3, -0.25) is 14.2 Å². The molecule has 2 aliphatic rings. The highest BCUT2D eigenvalue weighted by molar-refractivity contribution is 7.18. The number of anilines is 1. The number of carbonyl (C=O) groups excluding carboxylic acids is 1. The van der Waals surface area contributed by atoms with Crippen molar-refractivity contribution in [2.24, 2.45) is 5.92 Å². The maximum Gasteiger partial charge on any atom is 0.263 e. The van der Waals surface area contributed by atoms with Gasteiger partial charge in [-0.05, 0) is 68.9 Å². The number of aryl methyl sites for hydroxylation is 3. The lowest BCUT2D eigenvalue weighted by Gasteiger charge is -2.17. The fourth-order valence-corrected chi connectivity index (χ4v) is 7.47. The Kier molecular flexibility index (Phi) is 5.19. The van der Waals surface area contributed by atoms with Crippen LogP contribution in [-0.2, 0) is 37.0 Å². The van der Waals surface area contributed by atoms with Gasteiger partial charge < -0.3 is 5.32 Å². The molecule has 1 amide bonds. The van der Waals surface area contributed by atoms with Crippen molar-refractivity contribution in [1.29, 1.82) is 5.26 Å². The first kappa shape index (κ1) is 20.4. The number of nitrogens with zero attached hydrogens (tertiary/aromatic N) is 3. The normalized spacial score (nSPS) is 17.8. The molecule has 6 nitrogen and oxygen atoms in total. The molecule has 0 fully saturated rings. The summed E-state index contributed by atoms with van der Waals surface area (Å²) in [7, 11) is 0. The molecule has 8 heteroatoms. The van der Waals surface area contributed by atoms with E-state index in [1.54, 1.807) is 18.3 Å². The van der Waals surface area contributed by atoms with Crippen molar-refractivity contribution in [3.8, 4) is 6.07 Å². The molecule has 0 aromatic carbocycles. The van der Waals surface area contributed by atoms with Gasteiger partial charge in [0.1, 0.15) is 28.3 Å². The molecule has 5 rings (SSSR count). The van der Waals surface area contributed by atoms with Crippen molar-refractivity contribution in [3.63, 3.8) is 0 Å². The van der Waals surface area contributed by atoms with E-state index >= 15 is 0 Å². The SMILES string of the molecule is Cc1nc2sc3c(c2c(=O)n1CC(=O)Nc1sc2c(c1C#N)CCCC2)CCC(C)C3. The standard InChI is InChI=1S/C23H24N4O2S2/c1-12-7-8-15-18(9-12)31-22-20(15)23(29)27(13(2)25-22)11-19(28)26-21-16(10-24)14-5-3-4-6-17(14)30-21/h12H,3-9,11H2,1-2H3,(H,26,28). The second-order valence-corrected chi connectivity index (χ2v) is 10.8. The molecule has 1 unspecified atom stereocenters. The second-order valence-electron chi connectivity index (χ2n) is 8.66. The van der Waals surface area contributed by atoms with E-state index in [-0.39, 0.29) is 18.0 Å². The number of carbonyl (C=O) groups is 1. The first-order chi connectivity index (χ1) is 15.0. The zero-order valence-corrected chi connectivity index (χ0v) is 19.3. The van der Waals surface area contributed by atoms with Crippen LogP contribution in [0, 0.1) is 24.2 Å². The highest BCUT2D eigenvalue weighted by Gasteiger charge is 2.25. The molecule has 1 atom stereocenters. The predicted molar refractivity (Wildman–Crippen MR) is 124 cm³/mol. The molecule has 2 aliphatic carbocycles. The lowest BCUT2D eigenvalue weighted by molar-refractivity contribution is -0.116. The van der Waals surface area contributed by atoms with Crippen LogP contribution in [0.2, 0.25) is 0 Å². The number of hydrogen-bond acceptors (Lipinski definition) is 6. The first-order valence-electron chi connectivity index (χ1n) is 10.8. The molecule has 0 spiro atoms. The summed E-state index contributed by atoms with van der Waals surface area (Å²) in [5.41, 5.74) is 2.68. The third-order valence-electron chi connectivity index (χ3n) is 6.44. The average Bonchev–Trinajstić information content (AvgIpc) is 3.27. The molecule has 0 saturated carbocycles. The van der Waals surface area contributed by atoms with Gasteiger partial charge in [-0.15, -0.1) is 22.7 Å². The van der Waals surface area contributed by atoms with Gasteiger partial charge in [-0.25, -0.2) is 4.98 Å². The Morgan fingerprint density at radius 3 is 2.84 bits per heavy atom. The minimum atomic E-state index is -0.292. The third-order valence-corrected chi connectivity index (χ3v) is 8.80. The highest BCUT2D eigenvalue weighted by atomic mass is 32.1. The molecule has 0 aliphatic heterocycles. The van der Waals surface area contributed by atoms with Gasteiger partial charge in [0.15, 0.2) is 0 Å². The minimum Gasteiger partial charge on any atom is -0.315 e. The summed E-state index contributed by atoms with van der Waals surface area (Å²) in [5, 5.41) is 13.8. The van der Waals surface area contributed by atoms with Crippen LogP contribution in [0.5, 0.6) is 0 Å². The third kappa shape index (κ3) is 3.50. The lowest BCUT2D eigenvalue weighted by Crippen LogP contribution is -2.30. The number of hydrogen-bond donors (Lipinski definition) is 1.